The van der Waals surface area contributed by atoms with Crippen LogP contribution in [0.1, 0.15) is 285 Å². The third kappa shape index (κ3) is 17.0. The van der Waals surface area contributed by atoms with E-state index >= 15 is 0 Å². The molecule has 7 aromatic rings. The fraction of sp³-hybridized carbons (Fsp3) is 0.667. The second kappa shape index (κ2) is 34.9. The predicted octanol–water partition coefficient (Wildman–Crippen LogP) is 24.1. The van der Waals surface area contributed by atoms with Crippen LogP contribution in [-0.4, -0.2) is 26.4 Å². The Morgan fingerprint density at radius 3 is 0.553 bits per heavy atom. The molecule has 4 nitrogen and oxygen atoms in total. The Morgan fingerprint density at radius 2 is 0.368 bits per heavy atom. The Morgan fingerprint density at radius 1 is 0.197 bits per heavy atom. The SMILES string of the molecule is CCCCCCCCCCCCOc1c(OCCCCCCCCCCCC)c2ccc3ccc4c(OCCCCCCCCCCCC)c(OCCCCCCCCCCCC)c5ccc6ccc1c1c6c5c4c3c21. The molecule has 0 aliphatic heterocycles. The van der Waals surface area contributed by atoms with Crippen LogP contribution in [-0.2, 0) is 0 Å². The fourth-order valence-electron chi connectivity index (χ4n) is 12.7. The van der Waals surface area contributed by atoms with Gasteiger partial charge in [-0.15, -0.1) is 0 Å². The fourth-order valence-corrected chi connectivity index (χ4v) is 12.7. The van der Waals surface area contributed by atoms with Crippen molar-refractivity contribution in [3.05, 3.63) is 48.5 Å². The maximum atomic E-state index is 7.11. The maximum Gasteiger partial charge on any atom is 0.169 e. The van der Waals surface area contributed by atoms with E-state index in [1.807, 2.05) is 0 Å². The largest absolute Gasteiger partial charge is 0.489 e. The summed E-state index contributed by atoms with van der Waals surface area (Å²) in [6.45, 7) is 12.1. The van der Waals surface area contributed by atoms with E-state index in [4.69, 9.17) is 18.9 Å². The average Bonchev–Trinajstić information content (AvgIpc) is 3.61. The molecular formula is C72H108O4. The molecule has 76 heavy (non-hydrogen) atoms. The van der Waals surface area contributed by atoms with E-state index in [0.29, 0.717) is 26.4 Å². The Hall–Kier alpha value is -3.92. The third-order valence-electron chi connectivity index (χ3n) is 17.2. The molecule has 4 heteroatoms. The average molecular weight is 1040 g/mol. The quantitative estimate of drug-likeness (QED) is 0.0216. The molecule has 0 saturated heterocycles. The molecule has 0 fully saturated rings. The van der Waals surface area contributed by atoms with Crippen molar-refractivity contribution < 1.29 is 18.9 Å². The first-order valence-electron chi connectivity index (χ1n) is 32.9. The Kier molecular flexibility index (Phi) is 27.4. The first-order valence-corrected chi connectivity index (χ1v) is 32.9. The van der Waals surface area contributed by atoms with E-state index in [0.717, 1.165) is 48.7 Å². The summed E-state index contributed by atoms with van der Waals surface area (Å²) in [5, 5.41) is 15.2. The molecule has 0 unspecified atom stereocenters. The van der Waals surface area contributed by atoms with Crippen LogP contribution in [0.15, 0.2) is 48.5 Å². The molecule has 0 bridgehead atoms. The molecule has 0 heterocycles. The van der Waals surface area contributed by atoms with Gasteiger partial charge in [0.15, 0.2) is 23.0 Å². The molecule has 0 aliphatic carbocycles. The van der Waals surface area contributed by atoms with Crippen molar-refractivity contribution in [3.63, 3.8) is 0 Å². The summed E-state index contributed by atoms with van der Waals surface area (Å²) < 4.78 is 28.5. The zero-order valence-corrected chi connectivity index (χ0v) is 49.4. The first-order chi connectivity index (χ1) is 37.7. The van der Waals surface area contributed by atoms with Gasteiger partial charge in [-0.3, -0.25) is 0 Å². The van der Waals surface area contributed by atoms with Gasteiger partial charge in [0.05, 0.1) is 26.4 Å². The van der Waals surface area contributed by atoms with E-state index < -0.39 is 0 Å². The summed E-state index contributed by atoms with van der Waals surface area (Å²) in [5.41, 5.74) is 0. The predicted molar refractivity (Wildman–Crippen MR) is 334 cm³/mol. The standard InChI is InChI=1S/C72H108O4/c1-5-9-13-17-21-25-29-33-37-41-53-73-69-59-49-45-57-47-51-61-67-63(57)65(59)66-60(70(69)74-54-42-38-34-30-26-22-18-14-10-6-2)50-46-58-48-52-62(68(67)64(58)66)72(76-56-44-40-36-32-28-24-20-16-12-8-4)71(61)75-55-43-39-35-31-27-23-19-15-11-7-3/h45-52H,5-44,53-56H2,1-4H3. The highest BCUT2D eigenvalue weighted by atomic mass is 16.5. The minimum Gasteiger partial charge on any atom is -0.489 e. The first kappa shape index (κ1) is 59.7. The lowest BCUT2D eigenvalue weighted by molar-refractivity contribution is 0.263. The minimum atomic E-state index is 0.707. The maximum absolute atomic E-state index is 7.11. The normalized spacial score (nSPS) is 12.2. The minimum absolute atomic E-state index is 0.707. The van der Waals surface area contributed by atoms with Gasteiger partial charge in [-0.05, 0) is 71.5 Å². The van der Waals surface area contributed by atoms with Crippen LogP contribution in [0.2, 0.25) is 0 Å². The van der Waals surface area contributed by atoms with E-state index in [1.165, 1.54) is 296 Å². The third-order valence-corrected chi connectivity index (χ3v) is 17.2. The number of ether oxygens (including phenoxy) is 4. The van der Waals surface area contributed by atoms with Crippen molar-refractivity contribution in [1.29, 1.82) is 0 Å². The van der Waals surface area contributed by atoms with E-state index in [-0.39, 0.29) is 0 Å². The van der Waals surface area contributed by atoms with Crippen LogP contribution in [0.4, 0.5) is 0 Å². The lowest BCUT2D eigenvalue weighted by atomic mass is 9.82. The van der Waals surface area contributed by atoms with Gasteiger partial charge in [0.1, 0.15) is 0 Å². The molecule has 420 valence electrons. The lowest BCUT2D eigenvalue weighted by Crippen LogP contribution is -2.07. The van der Waals surface area contributed by atoms with Gasteiger partial charge in [-0.1, -0.05) is 283 Å². The van der Waals surface area contributed by atoms with Crippen molar-refractivity contribution in [2.75, 3.05) is 26.4 Å². The van der Waals surface area contributed by atoms with Gasteiger partial charge in [-0.2, -0.15) is 0 Å². The van der Waals surface area contributed by atoms with Crippen LogP contribution in [0, 0.1) is 0 Å². The van der Waals surface area contributed by atoms with Crippen LogP contribution in [0.5, 0.6) is 23.0 Å². The molecule has 0 spiro atoms. The van der Waals surface area contributed by atoms with Crippen LogP contribution >= 0.6 is 0 Å². The summed E-state index contributed by atoms with van der Waals surface area (Å²) in [5.74, 6) is 3.75. The molecule has 7 aromatic carbocycles. The highest BCUT2D eigenvalue weighted by molar-refractivity contribution is 6.46. The van der Waals surface area contributed by atoms with Crippen LogP contribution in [0.25, 0.3) is 64.6 Å². The Labute approximate surface area is 463 Å². The van der Waals surface area contributed by atoms with E-state index in [2.05, 4.69) is 76.2 Å². The van der Waals surface area contributed by atoms with Gasteiger partial charge in [-0.25, -0.2) is 0 Å². The van der Waals surface area contributed by atoms with Gasteiger partial charge in [0.2, 0.25) is 0 Å². The van der Waals surface area contributed by atoms with Gasteiger partial charge >= 0.3 is 0 Å². The Bertz CT molecular complexity index is 2240. The topological polar surface area (TPSA) is 36.9 Å². The van der Waals surface area contributed by atoms with Crippen molar-refractivity contribution in [2.24, 2.45) is 0 Å². The number of benzene rings is 7. The molecule has 0 N–H and O–H groups in total. The molecule has 0 aromatic heterocycles. The molecule has 0 aliphatic rings. The highest BCUT2D eigenvalue weighted by Gasteiger charge is 2.29. The zero-order chi connectivity index (χ0) is 52.8. The van der Waals surface area contributed by atoms with Crippen LogP contribution < -0.4 is 18.9 Å². The molecule has 0 amide bonds. The van der Waals surface area contributed by atoms with E-state index in [1.54, 1.807) is 0 Å². The lowest BCUT2D eigenvalue weighted by Gasteiger charge is -2.26. The zero-order valence-electron chi connectivity index (χ0n) is 49.4. The van der Waals surface area contributed by atoms with Gasteiger partial charge in [0, 0.05) is 43.1 Å². The number of rotatable bonds is 48. The summed E-state index contributed by atoms with van der Waals surface area (Å²) in [4.78, 5) is 0. The number of hydrogen-bond acceptors (Lipinski definition) is 4. The summed E-state index contributed by atoms with van der Waals surface area (Å²) in [6.07, 6.45) is 52.4. The molecular weight excluding hydrogens is 929 g/mol. The molecule has 0 saturated carbocycles. The van der Waals surface area contributed by atoms with E-state index in [9.17, 15) is 0 Å². The highest BCUT2D eigenvalue weighted by Crippen LogP contribution is 2.57. The molecule has 0 atom stereocenters. The van der Waals surface area contributed by atoms with Crippen LogP contribution in [0.3, 0.4) is 0 Å². The number of hydrogen-bond donors (Lipinski definition) is 0. The van der Waals surface area contributed by atoms with Gasteiger partial charge < -0.3 is 18.9 Å². The second-order valence-corrected chi connectivity index (χ2v) is 23.6. The summed E-state index contributed by atoms with van der Waals surface area (Å²) >= 11 is 0. The summed E-state index contributed by atoms with van der Waals surface area (Å²) in [7, 11) is 0. The summed E-state index contributed by atoms with van der Waals surface area (Å²) in [6, 6.07) is 18.8. The Balaban J connectivity index is 1.18. The molecule has 7 rings (SSSR count). The van der Waals surface area contributed by atoms with Gasteiger partial charge in [0.25, 0.3) is 0 Å². The van der Waals surface area contributed by atoms with Crippen molar-refractivity contribution >= 4 is 64.6 Å². The smallest absolute Gasteiger partial charge is 0.169 e. The monoisotopic (exact) mass is 1040 g/mol. The van der Waals surface area contributed by atoms with Crippen molar-refractivity contribution in [1.82, 2.24) is 0 Å². The molecule has 0 radical (unpaired) electrons. The van der Waals surface area contributed by atoms with Crippen molar-refractivity contribution in [3.8, 4) is 23.0 Å². The second-order valence-electron chi connectivity index (χ2n) is 23.6. The number of unbranched alkanes of at least 4 members (excludes halogenated alkanes) is 36. The van der Waals surface area contributed by atoms with Crippen molar-refractivity contribution in [2.45, 2.75) is 285 Å².